The van der Waals surface area contributed by atoms with Crippen LogP contribution in [-0.4, -0.2) is 59.5 Å². The number of benzene rings is 1. The standard InChI is InChI=1S/C23H29N5O2S2/c1-16-3-5-20(6-4-16)32(29,30)28-10-8-21-22(25-15-26-23(21)28)27(2)18-11-17(12-18)14-31-19-7-9-24-13-19/h3-6,8,10,15,17-19,24H,7,9,11-14H2,1-2H3/t17-,18+,19?. The number of thioether (sulfide) groups is 1. The van der Waals surface area contributed by atoms with Crippen molar-refractivity contribution in [2.75, 3.05) is 30.8 Å². The zero-order chi connectivity index (χ0) is 22.3. The van der Waals surface area contributed by atoms with Gasteiger partial charge in [0.1, 0.15) is 12.1 Å². The first kappa shape index (κ1) is 21.7. The fraction of sp³-hybridized carbons (Fsp3) is 0.478. The lowest BCUT2D eigenvalue weighted by Crippen LogP contribution is -2.44. The molecule has 0 amide bonds. The molecular weight excluding hydrogens is 442 g/mol. The molecule has 2 aliphatic rings. The van der Waals surface area contributed by atoms with E-state index in [1.165, 1.54) is 22.5 Å². The molecule has 1 aliphatic carbocycles. The van der Waals surface area contributed by atoms with E-state index in [2.05, 4.69) is 39.0 Å². The monoisotopic (exact) mass is 471 g/mol. The van der Waals surface area contributed by atoms with E-state index in [1.54, 1.807) is 30.5 Å². The lowest BCUT2D eigenvalue weighted by molar-refractivity contribution is 0.285. The maximum Gasteiger partial charge on any atom is 0.269 e. The summed E-state index contributed by atoms with van der Waals surface area (Å²) in [5.74, 6) is 2.77. The second-order valence-corrected chi connectivity index (χ2v) is 12.1. The Morgan fingerprint density at radius 2 is 1.97 bits per heavy atom. The Labute approximate surface area is 193 Å². The maximum absolute atomic E-state index is 13.2. The molecule has 2 aromatic heterocycles. The van der Waals surface area contributed by atoms with Crippen LogP contribution in [-0.2, 0) is 10.0 Å². The Bertz CT molecular complexity index is 1200. The summed E-state index contributed by atoms with van der Waals surface area (Å²) in [7, 11) is -1.66. The Kier molecular flexibility index (Phi) is 5.90. The lowest BCUT2D eigenvalue weighted by Gasteiger charge is -2.42. The van der Waals surface area contributed by atoms with Crippen LogP contribution in [0.4, 0.5) is 5.82 Å². The summed E-state index contributed by atoms with van der Waals surface area (Å²) in [6.07, 6.45) is 6.63. The van der Waals surface area contributed by atoms with Gasteiger partial charge in [-0.25, -0.2) is 22.4 Å². The van der Waals surface area contributed by atoms with Gasteiger partial charge in [0.05, 0.1) is 10.3 Å². The molecular formula is C23H29N5O2S2. The highest BCUT2D eigenvalue weighted by Crippen LogP contribution is 2.38. The van der Waals surface area contributed by atoms with Crippen LogP contribution in [0.2, 0.25) is 0 Å². The van der Waals surface area contributed by atoms with Crippen molar-refractivity contribution in [3.63, 3.8) is 0 Å². The molecule has 1 aromatic carbocycles. The Morgan fingerprint density at radius 3 is 2.69 bits per heavy atom. The molecule has 0 radical (unpaired) electrons. The molecule has 1 unspecified atom stereocenters. The molecule has 32 heavy (non-hydrogen) atoms. The Hall–Kier alpha value is -2.10. The molecule has 1 atom stereocenters. The van der Waals surface area contributed by atoms with Crippen molar-refractivity contribution in [2.45, 2.75) is 42.4 Å². The van der Waals surface area contributed by atoms with Crippen LogP contribution in [0.3, 0.4) is 0 Å². The molecule has 1 aliphatic heterocycles. The number of nitrogens with zero attached hydrogens (tertiary/aromatic N) is 4. The molecule has 7 nitrogen and oxygen atoms in total. The quantitative estimate of drug-likeness (QED) is 0.566. The van der Waals surface area contributed by atoms with Crippen molar-refractivity contribution < 1.29 is 8.42 Å². The van der Waals surface area contributed by atoms with E-state index in [-0.39, 0.29) is 4.90 Å². The van der Waals surface area contributed by atoms with Crippen LogP contribution in [0, 0.1) is 12.8 Å². The van der Waals surface area contributed by atoms with Crippen LogP contribution < -0.4 is 10.2 Å². The smallest absolute Gasteiger partial charge is 0.269 e. The molecule has 5 rings (SSSR count). The van der Waals surface area contributed by atoms with Crippen LogP contribution in [0.5, 0.6) is 0 Å². The number of hydrogen-bond donors (Lipinski definition) is 1. The highest BCUT2D eigenvalue weighted by Gasteiger charge is 2.34. The Balaban J connectivity index is 1.32. The molecule has 0 spiro atoms. The van der Waals surface area contributed by atoms with Crippen molar-refractivity contribution in [1.82, 2.24) is 19.3 Å². The first-order valence-electron chi connectivity index (χ1n) is 11.1. The van der Waals surface area contributed by atoms with Crippen molar-refractivity contribution in [3.8, 4) is 0 Å². The molecule has 3 heterocycles. The minimum Gasteiger partial charge on any atom is -0.356 e. The molecule has 9 heteroatoms. The van der Waals surface area contributed by atoms with Crippen molar-refractivity contribution in [2.24, 2.45) is 5.92 Å². The zero-order valence-electron chi connectivity index (χ0n) is 18.4. The van der Waals surface area contributed by atoms with Crippen molar-refractivity contribution in [3.05, 3.63) is 48.4 Å². The van der Waals surface area contributed by atoms with Gasteiger partial charge in [-0.1, -0.05) is 17.7 Å². The Morgan fingerprint density at radius 1 is 1.19 bits per heavy atom. The summed E-state index contributed by atoms with van der Waals surface area (Å²) in [6, 6.07) is 9.13. The normalized spacial score (nSPS) is 23.4. The van der Waals surface area contributed by atoms with E-state index < -0.39 is 10.0 Å². The van der Waals surface area contributed by atoms with E-state index in [4.69, 9.17) is 0 Å². The molecule has 1 saturated heterocycles. The highest BCUT2D eigenvalue weighted by atomic mass is 32.2. The fourth-order valence-electron chi connectivity index (χ4n) is 4.58. The van der Waals surface area contributed by atoms with Crippen molar-refractivity contribution >= 4 is 38.6 Å². The third-order valence-electron chi connectivity index (χ3n) is 6.68. The molecule has 1 N–H and O–H groups in total. The van der Waals surface area contributed by atoms with E-state index in [0.717, 1.165) is 53.9 Å². The summed E-state index contributed by atoms with van der Waals surface area (Å²) < 4.78 is 27.7. The minimum atomic E-state index is -3.72. The number of nitrogens with one attached hydrogen (secondary N) is 1. The van der Waals surface area contributed by atoms with Crippen LogP contribution in [0.25, 0.3) is 11.0 Å². The largest absolute Gasteiger partial charge is 0.356 e. The number of hydrogen-bond acceptors (Lipinski definition) is 7. The van der Waals surface area contributed by atoms with Gasteiger partial charge in [0.2, 0.25) is 0 Å². The number of rotatable bonds is 7. The number of aromatic nitrogens is 3. The van der Waals surface area contributed by atoms with Gasteiger partial charge >= 0.3 is 0 Å². The van der Waals surface area contributed by atoms with Gasteiger partial charge in [-0.3, -0.25) is 0 Å². The van der Waals surface area contributed by atoms with Crippen molar-refractivity contribution in [1.29, 1.82) is 0 Å². The summed E-state index contributed by atoms with van der Waals surface area (Å²) >= 11 is 2.11. The maximum atomic E-state index is 13.2. The zero-order valence-corrected chi connectivity index (χ0v) is 20.1. The molecule has 1 saturated carbocycles. The molecule has 2 fully saturated rings. The SMILES string of the molecule is Cc1ccc(S(=O)(=O)n2ccc3c(N(C)[C@H]4C[C@@H](CSC5CCNC5)C4)ncnc32)cc1. The van der Waals surface area contributed by atoms with Gasteiger partial charge in [0.15, 0.2) is 5.65 Å². The van der Waals surface area contributed by atoms with Crippen LogP contribution in [0.1, 0.15) is 24.8 Å². The summed E-state index contributed by atoms with van der Waals surface area (Å²) in [4.78, 5) is 11.3. The first-order chi connectivity index (χ1) is 15.4. The van der Waals surface area contributed by atoms with Crippen LogP contribution >= 0.6 is 11.8 Å². The lowest BCUT2D eigenvalue weighted by atomic mass is 9.81. The molecule has 0 bridgehead atoms. The van der Waals surface area contributed by atoms with E-state index >= 15 is 0 Å². The van der Waals surface area contributed by atoms with Gasteiger partial charge in [-0.15, -0.1) is 0 Å². The predicted molar refractivity (Wildman–Crippen MR) is 130 cm³/mol. The third kappa shape index (κ3) is 4.02. The van der Waals surface area contributed by atoms with Gasteiger partial charge in [-0.2, -0.15) is 11.8 Å². The van der Waals surface area contributed by atoms with Gasteiger partial charge in [0.25, 0.3) is 10.0 Å². The average molecular weight is 472 g/mol. The average Bonchev–Trinajstić information content (AvgIpc) is 3.42. The molecule has 3 aromatic rings. The topological polar surface area (TPSA) is 80.1 Å². The minimum absolute atomic E-state index is 0.255. The van der Waals surface area contributed by atoms with Gasteiger partial charge in [0, 0.05) is 31.1 Å². The highest BCUT2D eigenvalue weighted by molar-refractivity contribution is 7.99. The van der Waals surface area contributed by atoms with E-state index in [0.29, 0.717) is 11.7 Å². The number of anilines is 1. The second-order valence-electron chi connectivity index (χ2n) is 8.91. The summed E-state index contributed by atoms with van der Waals surface area (Å²) in [6.45, 7) is 4.23. The fourth-order valence-corrected chi connectivity index (χ4v) is 7.22. The number of fused-ring (bicyclic) bond motifs is 1. The summed E-state index contributed by atoms with van der Waals surface area (Å²) in [5, 5.41) is 4.97. The van der Waals surface area contributed by atoms with E-state index in [9.17, 15) is 8.42 Å². The van der Waals surface area contributed by atoms with Gasteiger partial charge in [-0.05, 0) is 62.6 Å². The molecule has 170 valence electrons. The third-order valence-corrected chi connectivity index (χ3v) is 9.90. The first-order valence-corrected chi connectivity index (χ1v) is 13.6. The van der Waals surface area contributed by atoms with Crippen LogP contribution in [0.15, 0.2) is 47.8 Å². The predicted octanol–water partition coefficient (Wildman–Crippen LogP) is 3.29. The number of aryl methyl sites for hydroxylation is 1. The van der Waals surface area contributed by atoms with Gasteiger partial charge < -0.3 is 10.2 Å². The second kappa shape index (κ2) is 8.68. The van der Waals surface area contributed by atoms with E-state index in [1.807, 2.05) is 13.0 Å². The summed E-state index contributed by atoms with van der Waals surface area (Å²) in [5.41, 5.74) is 1.44.